The van der Waals surface area contributed by atoms with Gasteiger partial charge in [0.1, 0.15) is 11.6 Å². The summed E-state index contributed by atoms with van der Waals surface area (Å²) in [4.78, 5) is 27.3. The van der Waals surface area contributed by atoms with Crippen LogP contribution in [-0.2, 0) is 11.2 Å². The molecule has 2 amide bonds. The minimum atomic E-state index is -0.554. The summed E-state index contributed by atoms with van der Waals surface area (Å²) in [5, 5.41) is 2.65. The second kappa shape index (κ2) is 8.09. The van der Waals surface area contributed by atoms with Crippen molar-refractivity contribution in [3.05, 3.63) is 83.8 Å². The van der Waals surface area contributed by atoms with Crippen LogP contribution < -0.4 is 15.8 Å². The number of amides is 2. The van der Waals surface area contributed by atoms with Gasteiger partial charge in [0.15, 0.2) is 0 Å². The first-order valence-corrected chi connectivity index (χ1v) is 8.08. The molecule has 3 aromatic rings. The zero-order valence-corrected chi connectivity index (χ0v) is 14.2. The number of nitrogens with two attached hydrogens (primary N) is 1. The van der Waals surface area contributed by atoms with Crippen LogP contribution in [0.5, 0.6) is 11.6 Å². The first kappa shape index (κ1) is 18.1. The second-order valence-electron chi connectivity index (χ2n) is 5.70. The van der Waals surface area contributed by atoms with Gasteiger partial charge in [-0.1, -0.05) is 24.3 Å². The monoisotopic (exact) mass is 365 g/mol. The van der Waals surface area contributed by atoms with E-state index in [2.05, 4.69) is 10.3 Å². The predicted molar refractivity (Wildman–Crippen MR) is 98.0 cm³/mol. The third-order valence-corrected chi connectivity index (χ3v) is 3.67. The number of pyridine rings is 1. The summed E-state index contributed by atoms with van der Waals surface area (Å²) < 4.78 is 19.1. The number of ether oxygens (including phenoxy) is 1. The molecular formula is C20H16FN3O3. The Morgan fingerprint density at radius 2 is 1.89 bits per heavy atom. The number of hydrogen-bond donors (Lipinski definition) is 2. The number of carbonyl (C=O) groups excluding carboxylic acids is 2. The smallest absolute Gasteiger partial charge is 0.248 e. The largest absolute Gasteiger partial charge is 0.439 e. The number of anilines is 1. The average molecular weight is 365 g/mol. The molecule has 0 fully saturated rings. The van der Waals surface area contributed by atoms with E-state index in [1.54, 1.807) is 48.5 Å². The van der Waals surface area contributed by atoms with Gasteiger partial charge in [0, 0.05) is 11.6 Å². The lowest BCUT2D eigenvalue weighted by Gasteiger charge is -2.08. The number of carbonyl (C=O) groups is 2. The fourth-order valence-electron chi connectivity index (χ4n) is 2.37. The molecule has 0 saturated carbocycles. The Kier molecular flexibility index (Phi) is 5.41. The summed E-state index contributed by atoms with van der Waals surface area (Å²) in [6, 6.07) is 15.7. The van der Waals surface area contributed by atoms with Crippen LogP contribution in [-0.4, -0.2) is 16.8 Å². The van der Waals surface area contributed by atoms with Crippen molar-refractivity contribution in [3.8, 4) is 11.6 Å². The Hall–Kier alpha value is -3.74. The van der Waals surface area contributed by atoms with Crippen LogP contribution >= 0.6 is 0 Å². The molecule has 136 valence electrons. The van der Waals surface area contributed by atoms with Gasteiger partial charge in [0.2, 0.25) is 17.7 Å². The molecule has 0 radical (unpaired) electrons. The molecule has 7 heteroatoms. The lowest BCUT2D eigenvalue weighted by Crippen LogP contribution is -2.15. The lowest BCUT2D eigenvalue weighted by molar-refractivity contribution is -0.115. The number of primary amides is 1. The summed E-state index contributed by atoms with van der Waals surface area (Å²) in [5.74, 6) is -0.641. The maximum absolute atomic E-state index is 13.6. The van der Waals surface area contributed by atoms with Crippen molar-refractivity contribution in [2.75, 3.05) is 5.32 Å². The van der Waals surface area contributed by atoms with Crippen LogP contribution in [0.15, 0.2) is 66.9 Å². The molecule has 0 spiro atoms. The Morgan fingerprint density at radius 3 is 2.59 bits per heavy atom. The number of nitrogens with one attached hydrogen (secondary N) is 1. The van der Waals surface area contributed by atoms with Gasteiger partial charge in [-0.25, -0.2) is 9.37 Å². The van der Waals surface area contributed by atoms with Crippen molar-refractivity contribution in [1.82, 2.24) is 4.98 Å². The molecule has 0 aliphatic rings. The van der Waals surface area contributed by atoms with Crippen molar-refractivity contribution in [2.24, 2.45) is 5.73 Å². The van der Waals surface area contributed by atoms with Crippen molar-refractivity contribution < 1.29 is 18.7 Å². The average Bonchev–Trinajstić information content (AvgIpc) is 2.65. The quantitative estimate of drug-likeness (QED) is 0.701. The molecule has 6 nitrogen and oxygen atoms in total. The summed E-state index contributed by atoms with van der Waals surface area (Å²) >= 11 is 0. The highest BCUT2D eigenvalue weighted by Crippen LogP contribution is 2.21. The topological polar surface area (TPSA) is 94.3 Å². The van der Waals surface area contributed by atoms with Gasteiger partial charge < -0.3 is 15.8 Å². The van der Waals surface area contributed by atoms with E-state index >= 15 is 0 Å². The molecule has 0 saturated heterocycles. The molecule has 0 atom stereocenters. The Labute approximate surface area is 154 Å². The molecule has 1 aromatic heterocycles. The van der Waals surface area contributed by atoms with Crippen molar-refractivity contribution in [1.29, 1.82) is 0 Å². The third-order valence-electron chi connectivity index (χ3n) is 3.67. The summed E-state index contributed by atoms with van der Waals surface area (Å²) in [7, 11) is 0. The lowest BCUT2D eigenvalue weighted by atomic mass is 10.1. The van der Waals surface area contributed by atoms with Gasteiger partial charge in [-0.2, -0.15) is 0 Å². The van der Waals surface area contributed by atoms with Gasteiger partial charge in [0.25, 0.3) is 0 Å². The molecule has 2 aromatic carbocycles. The van der Waals surface area contributed by atoms with Crippen LogP contribution in [0.25, 0.3) is 0 Å². The highest BCUT2D eigenvalue weighted by atomic mass is 19.1. The molecule has 3 N–H and O–H groups in total. The zero-order valence-electron chi connectivity index (χ0n) is 14.2. The van der Waals surface area contributed by atoms with Crippen molar-refractivity contribution >= 4 is 17.5 Å². The van der Waals surface area contributed by atoms with Gasteiger partial charge in [-0.3, -0.25) is 9.59 Å². The second-order valence-corrected chi connectivity index (χ2v) is 5.70. The maximum atomic E-state index is 13.6. The standard InChI is InChI=1S/C20H16FN3O3/c21-17-7-2-1-4-13(17)11-18(25)24-15-8-9-19(23-12-15)27-16-6-3-5-14(10-16)20(22)26/h1-10,12H,11H2,(H2,22,26)(H,24,25). The van der Waals surface area contributed by atoms with Crippen LogP contribution in [0, 0.1) is 5.82 Å². The number of benzene rings is 2. The number of halogens is 1. The van der Waals surface area contributed by atoms with E-state index in [-0.39, 0.29) is 18.2 Å². The number of nitrogens with zero attached hydrogens (tertiary/aromatic N) is 1. The van der Waals surface area contributed by atoms with Gasteiger partial charge in [-0.05, 0) is 35.9 Å². The van der Waals surface area contributed by atoms with Crippen molar-refractivity contribution in [2.45, 2.75) is 6.42 Å². The molecule has 0 bridgehead atoms. The summed E-state index contributed by atoms with van der Waals surface area (Å²) in [5.41, 5.74) is 6.33. The summed E-state index contributed by atoms with van der Waals surface area (Å²) in [6.45, 7) is 0. The van der Waals surface area contributed by atoms with Gasteiger partial charge >= 0.3 is 0 Å². The van der Waals surface area contributed by atoms with E-state index in [0.717, 1.165) is 0 Å². The van der Waals surface area contributed by atoms with Crippen LogP contribution in [0.4, 0.5) is 10.1 Å². The SMILES string of the molecule is NC(=O)c1cccc(Oc2ccc(NC(=O)Cc3ccccc3F)cn2)c1. The molecule has 0 aliphatic heterocycles. The van der Waals surface area contributed by atoms with Gasteiger partial charge in [0.05, 0.1) is 18.3 Å². The fourth-order valence-corrected chi connectivity index (χ4v) is 2.37. The third kappa shape index (κ3) is 4.88. The molecule has 3 rings (SSSR count). The number of aromatic nitrogens is 1. The molecule has 0 unspecified atom stereocenters. The van der Waals surface area contributed by atoms with E-state index in [0.29, 0.717) is 22.6 Å². The Balaban J connectivity index is 1.62. The minimum Gasteiger partial charge on any atom is -0.439 e. The Bertz CT molecular complexity index is 974. The number of hydrogen-bond acceptors (Lipinski definition) is 4. The van der Waals surface area contributed by atoms with E-state index in [1.165, 1.54) is 18.3 Å². The van der Waals surface area contributed by atoms with Crippen LogP contribution in [0.2, 0.25) is 0 Å². The molecule has 1 heterocycles. The maximum Gasteiger partial charge on any atom is 0.248 e. The molecular weight excluding hydrogens is 349 g/mol. The van der Waals surface area contributed by atoms with Crippen molar-refractivity contribution in [3.63, 3.8) is 0 Å². The van der Waals surface area contributed by atoms with E-state index in [4.69, 9.17) is 10.5 Å². The first-order chi connectivity index (χ1) is 13.0. The fraction of sp³-hybridized carbons (Fsp3) is 0.0500. The normalized spacial score (nSPS) is 10.3. The van der Waals surface area contributed by atoms with E-state index < -0.39 is 11.7 Å². The summed E-state index contributed by atoms with van der Waals surface area (Å²) in [6.07, 6.45) is 1.34. The van der Waals surface area contributed by atoms with E-state index in [1.807, 2.05) is 0 Å². The zero-order chi connectivity index (χ0) is 19.2. The van der Waals surface area contributed by atoms with Crippen LogP contribution in [0.3, 0.4) is 0 Å². The van der Waals surface area contributed by atoms with Gasteiger partial charge in [-0.15, -0.1) is 0 Å². The Morgan fingerprint density at radius 1 is 1.07 bits per heavy atom. The van der Waals surface area contributed by atoms with E-state index in [9.17, 15) is 14.0 Å². The number of rotatable bonds is 6. The minimum absolute atomic E-state index is 0.0785. The highest BCUT2D eigenvalue weighted by Gasteiger charge is 2.09. The molecule has 0 aliphatic carbocycles. The predicted octanol–water partition coefficient (Wildman–Crippen LogP) is 3.29. The highest BCUT2D eigenvalue weighted by molar-refractivity contribution is 5.93. The first-order valence-electron chi connectivity index (χ1n) is 8.08. The van der Waals surface area contributed by atoms with Crippen LogP contribution in [0.1, 0.15) is 15.9 Å². The molecule has 27 heavy (non-hydrogen) atoms.